The molecule has 2 N–H and O–H groups in total. The number of carbonyl (C=O) groups excluding carboxylic acids is 3. The van der Waals surface area contributed by atoms with Gasteiger partial charge in [0.15, 0.2) is 11.6 Å². The number of carbonyl (C=O) groups is 3. The summed E-state index contributed by atoms with van der Waals surface area (Å²) < 4.78 is 69.1. The van der Waals surface area contributed by atoms with Crippen LogP contribution in [0.25, 0.3) is 12.2 Å². The van der Waals surface area contributed by atoms with Crippen molar-refractivity contribution in [1.82, 2.24) is 18.8 Å². The second-order valence-electron chi connectivity index (χ2n) is 16.0. The lowest BCUT2D eigenvalue weighted by molar-refractivity contribution is -0.115. The topological polar surface area (TPSA) is 180 Å². The van der Waals surface area contributed by atoms with Gasteiger partial charge in [-0.1, -0.05) is 30.3 Å². The lowest BCUT2D eigenvalue weighted by Crippen LogP contribution is -2.48. The molecule has 14 nitrogen and oxygen atoms in total. The van der Waals surface area contributed by atoms with E-state index in [9.17, 15) is 36.3 Å². The van der Waals surface area contributed by atoms with E-state index < -0.39 is 50.2 Å². The molecule has 0 spiro atoms. The summed E-state index contributed by atoms with van der Waals surface area (Å²) in [5.41, 5.74) is 1.58. The van der Waals surface area contributed by atoms with Crippen molar-refractivity contribution in [3.63, 3.8) is 0 Å². The van der Waals surface area contributed by atoms with Crippen LogP contribution in [0, 0.1) is 11.8 Å². The minimum Gasteiger partial charge on any atom is -0.441 e. The van der Waals surface area contributed by atoms with Gasteiger partial charge in [0.2, 0.25) is 20.0 Å². The number of ketones is 2. The third kappa shape index (κ3) is 11.5. The summed E-state index contributed by atoms with van der Waals surface area (Å²) in [6, 6.07) is 12.9. The highest BCUT2D eigenvalue weighted by Gasteiger charge is 2.33. The zero-order chi connectivity index (χ0) is 42.9. The lowest BCUT2D eigenvalue weighted by Gasteiger charge is -2.32. The molecule has 4 heterocycles. The van der Waals surface area contributed by atoms with Crippen LogP contribution in [0.3, 0.4) is 0 Å². The number of amides is 1. The number of aliphatic hydroxyl groups excluding tert-OH is 1. The van der Waals surface area contributed by atoms with Crippen LogP contribution >= 0.6 is 0 Å². The van der Waals surface area contributed by atoms with Crippen molar-refractivity contribution in [2.75, 3.05) is 65.6 Å². The summed E-state index contributed by atoms with van der Waals surface area (Å²) in [7, 11) is -7.48. The number of benzene rings is 2. The molecular formula is C44H58N4O10S2. The maximum absolute atomic E-state index is 13.8. The van der Waals surface area contributed by atoms with Gasteiger partial charge in [-0.05, 0) is 112 Å². The van der Waals surface area contributed by atoms with E-state index in [2.05, 4.69) is 5.32 Å². The molecule has 0 unspecified atom stereocenters. The fourth-order valence-electron chi connectivity index (χ4n) is 8.21. The molecule has 6 rings (SSSR count). The van der Waals surface area contributed by atoms with Gasteiger partial charge in [0.25, 0.3) is 0 Å². The highest BCUT2D eigenvalue weighted by Crippen LogP contribution is 2.32. The first-order valence-corrected chi connectivity index (χ1v) is 23.9. The smallest absolute Gasteiger partial charge is 0.410 e. The average molecular weight is 867 g/mol. The number of hydrogen-bond donors (Lipinski definition) is 2. The molecular weight excluding hydrogens is 809 g/mol. The van der Waals surface area contributed by atoms with Gasteiger partial charge in [-0.25, -0.2) is 21.6 Å². The summed E-state index contributed by atoms with van der Waals surface area (Å²) in [5.74, 6) is -2.08. The quantitative estimate of drug-likeness (QED) is 0.237. The van der Waals surface area contributed by atoms with Crippen LogP contribution < -0.4 is 5.32 Å². The Morgan fingerprint density at radius 1 is 0.733 bits per heavy atom. The van der Waals surface area contributed by atoms with Gasteiger partial charge < -0.3 is 24.8 Å². The number of nitrogens with zero attached hydrogens (tertiary/aromatic N) is 3. The number of hydrogen-bond acceptors (Lipinski definition) is 11. The van der Waals surface area contributed by atoms with Crippen molar-refractivity contribution in [2.45, 2.75) is 80.8 Å². The average Bonchev–Trinajstić information content (AvgIpc) is 3.99. The van der Waals surface area contributed by atoms with Crippen LogP contribution in [-0.4, -0.2) is 131 Å². The Labute approximate surface area is 354 Å². The van der Waals surface area contributed by atoms with E-state index in [0.717, 1.165) is 25.7 Å². The SMILES string of the molecule is CC(=O)/C(=C/c1cccc(S(=O)(=O)N2CCCC2)c1)[C@@H]1/C=C/[C@@H](OC(=O)N2CCNCC2)[C@H](/C(=C\c2cccc(S(=O)(=O)N3CCCC3)c2)C(C)=O)CC[C@@H](O)CCOC1. The van der Waals surface area contributed by atoms with Gasteiger partial charge >= 0.3 is 6.09 Å². The Bertz CT molecular complexity index is 2170. The van der Waals surface area contributed by atoms with E-state index in [1.165, 1.54) is 28.5 Å². The van der Waals surface area contributed by atoms with Crippen molar-refractivity contribution in [3.8, 4) is 0 Å². The van der Waals surface area contributed by atoms with Gasteiger partial charge in [-0.15, -0.1) is 0 Å². The van der Waals surface area contributed by atoms with Crippen LogP contribution in [0.1, 0.15) is 69.9 Å². The number of nitrogens with one attached hydrogen (secondary N) is 1. The normalized spacial score (nSPS) is 25.3. The first-order chi connectivity index (χ1) is 28.7. The Balaban J connectivity index is 1.41. The molecule has 0 aromatic heterocycles. The molecule has 0 bridgehead atoms. The second-order valence-corrected chi connectivity index (χ2v) is 19.8. The summed E-state index contributed by atoms with van der Waals surface area (Å²) in [4.78, 5) is 42.8. The number of rotatable bonds is 11. The van der Waals surface area contributed by atoms with Crippen molar-refractivity contribution in [2.24, 2.45) is 11.8 Å². The first-order valence-electron chi connectivity index (χ1n) is 21.0. The van der Waals surface area contributed by atoms with Gasteiger partial charge in [0.1, 0.15) is 6.10 Å². The van der Waals surface area contributed by atoms with Crippen molar-refractivity contribution in [3.05, 3.63) is 83.0 Å². The third-order valence-electron chi connectivity index (χ3n) is 11.6. The molecule has 16 heteroatoms. The highest BCUT2D eigenvalue weighted by molar-refractivity contribution is 7.89. The first kappa shape index (κ1) is 45.5. The monoisotopic (exact) mass is 866 g/mol. The van der Waals surface area contributed by atoms with Crippen molar-refractivity contribution < 1.29 is 45.8 Å². The predicted molar refractivity (Wildman–Crippen MR) is 228 cm³/mol. The van der Waals surface area contributed by atoms with E-state index in [1.54, 1.807) is 71.7 Å². The molecule has 0 saturated carbocycles. The number of aliphatic hydroxyl groups is 1. The number of sulfonamides is 2. The summed E-state index contributed by atoms with van der Waals surface area (Å²) >= 11 is 0. The molecule has 0 radical (unpaired) electrons. The van der Waals surface area contributed by atoms with Crippen molar-refractivity contribution >= 4 is 49.9 Å². The van der Waals surface area contributed by atoms with Gasteiger partial charge in [0, 0.05) is 81.9 Å². The fourth-order valence-corrected chi connectivity index (χ4v) is 11.4. The summed E-state index contributed by atoms with van der Waals surface area (Å²) in [6.07, 6.45) is 8.11. The van der Waals surface area contributed by atoms with Crippen LogP contribution in [0.2, 0.25) is 0 Å². The molecule has 4 aliphatic heterocycles. The Hall–Kier alpha value is -4.03. The molecule has 4 aliphatic rings. The van der Waals surface area contributed by atoms with Gasteiger partial charge in [0.05, 0.1) is 22.5 Å². The minimum absolute atomic E-state index is 0.0250. The van der Waals surface area contributed by atoms with Crippen molar-refractivity contribution in [1.29, 1.82) is 0 Å². The molecule has 2 aromatic carbocycles. The zero-order valence-electron chi connectivity index (χ0n) is 34.5. The standard InChI is InChI=1S/C44H58N4O10S2/c1-32(49)41(29-34-9-7-11-38(27-34)59(53,54)47-20-3-4-21-47)36-13-16-43(58-44(52)46-24-18-45-19-25-46)40(15-14-37(51)17-26-57-31-36)42(33(2)50)30-35-10-8-12-39(28-35)60(55,56)48-22-5-6-23-48/h7-13,16,27-30,36-37,40,43,45,51H,3-6,14-15,17-26,31H2,1-2H3/b16-13+,41-29-,42-30-/t36-,37-,40+,43-/m1/s1. The molecule has 60 heavy (non-hydrogen) atoms. The molecule has 3 saturated heterocycles. The highest BCUT2D eigenvalue weighted by atomic mass is 32.2. The van der Waals surface area contributed by atoms with E-state index in [1.807, 2.05) is 0 Å². The van der Waals surface area contributed by atoms with Gasteiger partial charge in [-0.2, -0.15) is 8.61 Å². The van der Waals surface area contributed by atoms with Gasteiger partial charge in [-0.3, -0.25) is 9.59 Å². The molecule has 2 aromatic rings. The molecule has 326 valence electrons. The molecule has 4 atom stereocenters. The number of ether oxygens (including phenoxy) is 2. The van der Waals surface area contributed by atoms with Crippen LogP contribution in [0.5, 0.6) is 0 Å². The van der Waals surface area contributed by atoms with Crippen LogP contribution in [-0.2, 0) is 39.1 Å². The summed E-state index contributed by atoms with van der Waals surface area (Å²) in [6.45, 7) is 6.80. The summed E-state index contributed by atoms with van der Waals surface area (Å²) in [5, 5.41) is 14.4. The largest absolute Gasteiger partial charge is 0.441 e. The second kappa shape index (κ2) is 20.7. The van der Waals surface area contributed by atoms with Crippen LogP contribution in [0.4, 0.5) is 4.79 Å². The molecule has 3 fully saturated rings. The predicted octanol–water partition coefficient (Wildman–Crippen LogP) is 4.66. The minimum atomic E-state index is -3.76. The third-order valence-corrected chi connectivity index (χ3v) is 15.4. The Kier molecular flexibility index (Phi) is 15.7. The van der Waals surface area contributed by atoms with E-state index >= 15 is 0 Å². The lowest BCUT2D eigenvalue weighted by atomic mass is 9.83. The molecule has 1 amide bonds. The van der Waals surface area contributed by atoms with Crippen LogP contribution in [0.15, 0.2) is 81.6 Å². The van der Waals surface area contributed by atoms with E-state index in [0.29, 0.717) is 69.1 Å². The van der Waals surface area contributed by atoms with E-state index in [-0.39, 0.29) is 59.4 Å². The zero-order valence-corrected chi connectivity index (χ0v) is 36.2. The maximum atomic E-state index is 13.8. The number of Topliss-reactive ketones (excluding diaryl/α,β-unsaturated/α-hetero) is 2. The maximum Gasteiger partial charge on any atom is 0.410 e. The molecule has 0 aliphatic carbocycles. The number of piperazine rings is 1. The fraction of sp³-hybridized carbons (Fsp3) is 0.523. The Morgan fingerprint density at radius 3 is 1.80 bits per heavy atom. The van der Waals surface area contributed by atoms with E-state index in [4.69, 9.17) is 9.47 Å². The Morgan fingerprint density at radius 2 is 1.27 bits per heavy atom.